The van der Waals surface area contributed by atoms with E-state index < -0.39 is 0 Å². The van der Waals surface area contributed by atoms with Crippen LogP contribution >= 0.6 is 11.3 Å². The maximum atomic E-state index is 6.03. The normalized spacial score (nSPS) is 15.9. The molecule has 0 aromatic carbocycles. The molecule has 0 bridgehead atoms. The van der Waals surface area contributed by atoms with Crippen LogP contribution in [0.25, 0.3) is 10.6 Å². The fourth-order valence-electron chi connectivity index (χ4n) is 2.20. The molecule has 1 saturated heterocycles. The van der Waals surface area contributed by atoms with Gasteiger partial charge in [0.2, 0.25) is 0 Å². The van der Waals surface area contributed by atoms with Gasteiger partial charge in [-0.05, 0) is 6.07 Å². The highest BCUT2D eigenvalue weighted by Gasteiger charge is 2.18. The average Bonchev–Trinajstić information content (AvgIpc) is 2.93. The van der Waals surface area contributed by atoms with E-state index in [2.05, 4.69) is 20.2 Å². The zero-order valence-corrected chi connectivity index (χ0v) is 10.8. The van der Waals surface area contributed by atoms with Crippen LogP contribution in [0, 0.1) is 0 Å². The molecule has 3 heterocycles. The first kappa shape index (κ1) is 11.4. The van der Waals surface area contributed by atoms with Crippen molar-refractivity contribution in [3.63, 3.8) is 0 Å². The first-order chi connectivity index (χ1) is 8.86. The molecular formula is C12H15N5S. The highest BCUT2D eigenvalue weighted by Crippen LogP contribution is 2.35. The van der Waals surface area contributed by atoms with Gasteiger partial charge in [-0.2, -0.15) is 0 Å². The Morgan fingerprint density at radius 3 is 2.78 bits per heavy atom. The van der Waals surface area contributed by atoms with Gasteiger partial charge in [-0.15, -0.1) is 11.3 Å². The van der Waals surface area contributed by atoms with Gasteiger partial charge in [0, 0.05) is 44.0 Å². The molecule has 6 heteroatoms. The first-order valence-corrected chi connectivity index (χ1v) is 6.84. The molecule has 5 nitrogen and oxygen atoms in total. The Balaban J connectivity index is 2.05. The summed E-state index contributed by atoms with van der Waals surface area (Å²) >= 11 is 1.59. The minimum Gasteiger partial charge on any atom is -0.383 e. The van der Waals surface area contributed by atoms with E-state index in [0.717, 1.165) is 42.4 Å². The molecule has 0 radical (unpaired) electrons. The second-order valence-corrected chi connectivity index (χ2v) is 5.06. The molecular weight excluding hydrogens is 246 g/mol. The Morgan fingerprint density at radius 1 is 1.22 bits per heavy atom. The lowest BCUT2D eigenvalue weighted by Crippen LogP contribution is -2.43. The molecule has 0 unspecified atom stereocenters. The van der Waals surface area contributed by atoms with Crippen LogP contribution in [0.3, 0.4) is 0 Å². The first-order valence-electron chi connectivity index (χ1n) is 5.96. The number of nitrogens with two attached hydrogens (primary N) is 1. The Bertz CT molecular complexity index is 519. The van der Waals surface area contributed by atoms with E-state index in [1.165, 1.54) is 0 Å². The van der Waals surface area contributed by atoms with Crippen LogP contribution in [0.2, 0.25) is 0 Å². The molecule has 18 heavy (non-hydrogen) atoms. The molecule has 0 atom stereocenters. The number of piperazine rings is 1. The monoisotopic (exact) mass is 261 g/mol. The van der Waals surface area contributed by atoms with Crippen LogP contribution in [-0.4, -0.2) is 36.1 Å². The molecule has 3 rings (SSSR count). The lowest BCUT2D eigenvalue weighted by molar-refractivity contribution is 0.589. The van der Waals surface area contributed by atoms with Gasteiger partial charge < -0.3 is 16.0 Å². The molecule has 1 aliphatic rings. The molecule has 94 valence electrons. The van der Waals surface area contributed by atoms with Crippen LogP contribution in [0.1, 0.15) is 0 Å². The molecule has 2 aromatic heterocycles. The summed E-state index contributed by atoms with van der Waals surface area (Å²) in [5.41, 5.74) is 8.14. The van der Waals surface area contributed by atoms with Crippen molar-refractivity contribution in [1.82, 2.24) is 15.3 Å². The largest absolute Gasteiger partial charge is 0.383 e. The van der Waals surface area contributed by atoms with Crippen LogP contribution in [0.15, 0.2) is 23.8 Å². The average molecular weight is 261 g/mol. The summed E-state index contributed by atoms with van der Waals surface area (Å²) in [6.07, 6.45) is 3.57. The summed E-state index contributed by atoms with van der Waals surface area (Å²) < 4.78 is 0. The molecule has 0 aliphatic carbocycles. The number of rotatable bonds is 2. The van der Waals surface area contributed by atoms with E-state index in [1.807, 2.05) is 11.4 Å². The number of pyridine rings is 1. The molecule has 3 N–H and O–H groups in total. The molecule has 1 aliphatic heterocycles. The van der Waals surface area contributed by atoms with Gasteiger partial charge in [-0.1, -0.05) is 0 Å². The Kier molecular flexibility index (Phi) is 3.12. The summed E-state index contributed by atoms with van der Waals surface area (Å²) in [7, 11) is 0. The minimum atomic E-state index is 0.556. The summed E-state index contributed by atoms with van der Waals surface area (Å²) in [5, 5.41) is 6.25. The summed E-state index contributed by atoms with van der Waals surface area (Å²) in [6, 6.07) is 2.03. The lowest BCUT2D eigenvalue weighted by atomic mass is 10.2. The van der Waals surface area contributed by atoms with Crippen molar-refractivity contribution in [2.45, 2.75) is 0 Å². The van der Waals surface area contributed by atoms with Gasteiger partial charge in [0.1, 0.15) is 10.8 Å². The van der Waals surface area contributed by atoms with E-state index in [1.54, 1.807) is 23.7 Å². The third-order valence-electron chi connectivity index (χ3n) is 3.06. The smallest absolute Gasteiger partial charge is 0.135 e. The number of hydrogen-bond donors (Lipinski definition) is 2. The number of nitrogen functional groups attached to an aromatic ring is 1. The Hall–Kier alpha value is -1.66. The van der Waals surface area contributed by atoms with Crippen molar-refractivity contribution in [3.05, 3.63) is 23.8 Å². The molecule has 1 fully saturated rings. The number of thiazole rings is 1. The molecule has 0 spiro atoms. The zero-order valence-electron chi connectivity index (χ0n) is 9.97. The van der Waals surface area contributed by atoms with Gasteiger partial charge in [-0.3, -0.25) is 0 Å². The van der Waals surface area contributed by atoms with Gasteiger partial charge >= 0.3 is 0 Å². The number of hydrogen-bond acceptors (Lipinski definition) is 6. The van der Waals surface area contributed by atoms with E-state index in [0.29, 0.717) is 5.82 Å². The maximum absolute atomic E-state index is 6.03. The lowest BCUT2D eigenvalue weighted by Gasteiger charge is -2.30. The van der Waals surface area contributed by atoms with Crippen molar-refractivity contribution in [2.75, 3.05) is 36.8 Å². The number of anilines is 2. The van der Waals surface area contributed by atoms with E-state index >= 15 is 0 Å². The van der Waals surface area contributed by atoms with E-state index in [9.17, 15) is 0 Å². The van der Waals surface area contributed by atoms with E-state index in [-0.39, 0.29) is 0 Å². The predicted octanol–water partition coefficient (Wildman–Crippen LogP) is 1.20. The summed E-state index contributed by atoms with van der Waals surface area (Å²) in [4.78, 5) is 10.9. The molecule has 0 saturated carbocycles. The van der Waals surface area contributed by atoms with Gasteiger partial charge in [0.05, 0.1) is 11.3 Å². The quantitative estimate of drug-likeness (QED) is 0.850. The fraction of sp³-hybridized carbons (Fsp3) is 0.333. The maximum Gasteiger partial charge on any atom is 0.135 e. The number of nitrogens with zero attached hydrogens (tertiary/aromatic N) is 3. The standard InChI is InChI=1S/C12H15N5S/c13-11-10(12-16-5-8-18-12)9(1-2-15-11)17-6-3-14-4-7-17/h1-2,5,8,14H,3-4,6-7H2,(H2,13,15). The van der Waals surface area contributed by atoms with Crippen molar-refractivity contribution < 1.29 is 0 Å². The van der Waals surface area contributed by atoms with Crippen LogP contribution in [0.5, 0.6) is 0 Å². The number of nitrogens with one attached hydrogen (secondary N) is 1. The van der Waals surface area contributed by atoms with Crippen molar-refractivity contribution in [1.29, 1.82) is 0 Å². The topological polar surface area (TPSA) is 67.1 Å². The van der Waals surface area contributed by atoms with Crippen LogP contribution < -0.4 is 16.0 Å². The molecule has 2 aromatic rings. The van der Waals surface area contributed by atoms with Crippen LogP contribution in [0.4, 0.5) is 11.5 Å². The predicted molar refractivity (Wildman–Crippen MR) is 74.8 cm³/mol. The summed E-state index contributed by atoms with van der Waals surface area (Å²) in [5.74, 6) is 0.556. The van der Waals surface area contributed by atoms with Crippen molar-refractivity contribution in [3.8, 4) is 10.6 Å². The summed E-state index contributed by atoms with van der Waals surface area (Å²) in [6.45, 7) is 3.97. The zero-order chi connectivity index (χ0) is 12.4. The fourth-order valence-corrected chi connectivity index (χ4v) is 2.90. The van der Waals surface area contributed by atoms with Gasteiger partial charge in [-0.25, -0.2) is 9.97 Å². The molecule has 0 amide bonds. The minimum absolute atomic E-state index is 0.556. The van der Waals surface area contributed by atoms with Gasteiger partial charge in [0.15, 0.2) is 0 Å². The van der Waals surface area contributed by atoms with Crippen molar-refractivity contribution >= 4 is 22.8 Å². The van der Waals surface area contributed by atoms with Crippen molar-refractivity contribution in [2.24, 2.45) is 0 Å². The second kappa shape index (κ2) is 4.91. The third kappa shape index (κ3) is 2.04. The van der Waals surface area contributed by atoms with Gasteiger partial charge in [0.25, 0.3) is 0 Å². The van der Waals surface area contributed by atoms with Crippen LogP contribution in [-0.2, 0) is 0 Å². The Labute approximate surface area is 110 Å². The third-order valence-corrected chi connectivity index (χ3v) is 3.85. The van der Waals surface area contributed by atoms with E-state index in [4.69, 9.17) is 5.73 Å². The highest BCUT2D eigenvalue weighted by molar-refractivity contribution is 7.13. The Morgan fingerprint density at radius 2 is 2.06 bits per heavy atom. The highest BCUT2D eigenvalue weighted by atomic mass is 32.1. The second-order valence-electron chi connectivity index (χ2n) is 4.16. The SMILES string of the molecule is Nc1nccc(N2CCNCC2)c1-c1nccs1. The number of aromatic nitrogens is 2.